The first-order valence-corrected chi connectivity index (χ1v) is 7.63. The molecule has 4 heteroatoms. The summed E-state index contributed by atoms with van der Waals surface area (Å²) >= 11 is 4.89. The lowest BCUT2D eigenvalue weighted by molar-refractivity contribution is 0.223. The number of rotatable bonds is 2. The first kappa shape index (κ1) is 14.7. The van der Waals surface area contributed by atoms with Gasteiger partial charge >= 0.3 is 0 Å². The summed E-state index contributed by atoms with van der Waals surface area (Å²) in [6, 6.07) is 8.32. The van der Waals surface area contributed by atoms with Gasteiger partial charge in [0.05, 0.1) is 0 Å². The van der Waals surface area contributed by atoms with E-state index in [1.165, 1.54) is 17.0 Å². The molecule has 1 heterocycles. The Morgan fingerprint density at radius 1 is 1.21 bits per heavy atom. The highest BCUT2D eigenvalue weighted by molar-refractivity contribution is 9.10. The van der Waals surface area contributed by atoms with Crippen molar-refractivity contribution >= 4 is 27.3 Å². The molecule has 0 aliphatic heterocycles. The monoisotopic (exact) mass is 342 g/mol. The molecule has 0 radical (unpaired) electrons. The second-order valence-electron chi connectivity index (χ2n) is 5.52. The predicted molar refractivity (Wildman–Crippen MR) is 81.2 cm³/mol. The number of aliphatic hydroxyl groups is 1. The molecule has 19 heavy (non-hydrogen) atoms. The van der Waals surface area contributed by atoms with Crippen LogP contribution in [0.3, 0.4) is 0 Å². The van der Waals surface area contributed by atoms with Gasteiger partial charge in [0.15, 0.2) is 0 Å². The molecule has 0 aliphatic carbocycles. The van der Waals surface area contributed by atoms with Crippen molar-refractivity contribution < 1.29 is 9.50 Å². The summed E-state index contributed by atoms with van der Waals surface area (Å²) in [5, 5.41) is 10.4. The molecule has 1 unspecified atom stereocenters. The molecule has 2 aromatic rings. The van der Waals surface area contributed by atoms with Gasteiger partial charge in [0.2, 0.25) is 0 Å². The van der Waals surface area contributed by atoms with Crippen LogP contribution in [0.15, 0.2) is 34.8 Å². The number of aliphatic hydroxyl groups excluding tert-OH is 1. The Hall–Kier alpha value is -0.710. The van der Waals surface area contributed by atoms with Crippen molar-refractivity contribution in [1.29, 1.82) is 0 Å². The van der Waals surface area contributed by atoms with Gasteiger partial charge in [-0.05, 0) is 29.7 Å². The van der Waals surface area contributed by atoms with Crippen LogP contribution in [0.25, 0.3) is 0 Å². The zero-order chi connectivity index (χ0) is 14.2. The Kier molecular flexibility index (Phi) is 4.14. The molecule has 0 fully saturated rings. The molecule has 0 spiro atoms. The molecule has 1 nitrogen and oxygen atoms in total. The standard InChI is InChI=1S/C15H16BrFOS/c1-15(2,3)13-7-6-12(19-13)14(18)10-5-4-9(17)8-11(10)16/h4-8,14,18H,1-3H3. The number of thiophene rings is 1. The van der Waals surface area contributed by atoms with Crippen molar-refractivity contribution in [3.63, 3.8) is 0 Å². The third-order valence-electron chi connectivity index (χ3n) is 2.89. The number of hydrogen-bond acceptors (Lipinski definition) is 2. The van der Waals surface area contributed by atoms with Crippen LogP contribution in [0.1, 0.15) is 42.2 Å². The maximum Gasteiger partial charge on any atom is 0.124 e. The fraction of sp³-hybridized carbons (Fsp3) is 0.333. The fourth-order valence-corrected chi connectivity index (χ4v) is 3.42. The van der Waals surface area contributed by atoms with Gasteiger partial charge in [-0.25, -0.2) is 4.39 Å². The molecule has 1 atom stereocenters. The van der Waals surface area contributed by atoms with Crippen LogP contribution in [-0.4, -0.2) is 5.11 Å². The molecule has 2 rings (SSSR count). The quantitative estimate of drug-likeness (QED) is 0.811. The average molecular weight is 343 g/mol. The molecule has 1 aromatic heterocycles. The summed E-state index contributed by atoms with van der Waals surface area (Å²) in [6.45, 7) is 6.43. The van der Waals surface area contributed by atoms with Gasteiger partial charge in [-0.3, -0.25) is 0 Å². The lowest BCUT2D eigenvalue weighted by Gasteiger charge is -2.16. The molecule has 0 bridgehead atoms. The Labute approximate surface area is 125 Å². The SMILES string of the molecule is CC(C)(C)c1ccc(C(O)c2ccc(F)cc2Br)s1. The van der Waals surface area contributed by atoms with Crippen molar-refractivity contribution in [2.45, 2.75) is 32.3 Å². The van der Waals surface area contributed by atoms with E-state index in [0.29, 0.717) is 10.0 Å². The summed E-state index contributed by atoms with van der Waals surface area (Å²) in [6.07, 6.45) is -0.726. The minimum Gasteiger partial charge on any atom is -0.383 e. The first-order valence-electron chi connectivity index (χ1n) is 6.02. The molecular weight excluding hydrogens is 327 g/mol. The molecule has 1 aromatic carbocycles. The molecular formula is C15H16BrFOS. The summed E-state index contributed by atoms with van der Waals surface area (Å²) in [4.78, 5) is 2.09. The van der Waals surface area contributed by atoms with E-state index < -0.39 is 6.10 Å². The van der Waals surface area contributed by atoms with Crippen LogP contribution in [0, 0.1) is 5.82 Å². The molecule has 1 N–H and O–H groups in total. The number of halogens is 2. The van der Waals surface area contributed by atoms with Crippen molar-refractivity contribution in [2.24, 2.45) is 0 Å². The minimum atomic E-state index is -0.726. The Morgan fingerprint density at radius 3 is 2.42 bits per heavy atom. The molecule has 0 saturated carbocycles. The minimum absolute atomic E-state index is 0.0721. The molecule has 0 saturated heterocycles. The largest absolute Gasteiger partial charge is 0.383 e. The van der Waals surface area contributed by atoms with E-state index in [9.17, 15) is 9.50 Å². The van der Waals surface area contributed by atoms with E-state index >= 15 is 0 Å². The van der Waals surface area contributed by atoms with Gasteiger partial charge in [0.25, 0.3) is 0 Å². The van der Waals surface area contributed by atoms with Crippen LogP contribution in [-0.2, 0) is 5.41 Å². The van der Waals surface area contributed by atoms with Crippen LogP contribution < -0.4 is 0 Å². The van der Waals surface area contributed by atoms with E-state index in [4.69, 9.17) is 0 Å². The topological polar surface area (TPSA) is 20.2 Å². The van der Waals surface area contributed by atoms with E-state index in [0.717, 1.165) is 4.88 Å². The zero-order valence-electron chi connectivity index (χ0n) is 11.1. The van der Waals surface area contributed by atoms with Gasteiger partial charge in [0.1, 0.15) is 11.9 Å². The van der Waals surface area contributed by atoms with Crippen molar-refractivity contribution in [3.8, 4) is 0 Å². The summed E-state index contributed by atoms with van der Waals surface area (Å²) in [7, 11) is 0. The summed E-state index contributed by atoms with van der Waals surface area (Å²) in [5.74, 6) is -0.315. The summed E-state index contributed by atoms with van der Waals surface area (Å²) < 4.78 is 13.7. The smallest absolute Gasteiger partial charge is 0.124 e. The van der Waals surface area contributed by atoms with Crippen LogP contribution in [0.2, 0.25) is 0 Å². The Balaban J connectivity index is 2.34. The van der Waals surface area contributed by atoms with E-state index in [1.54, 1.807) is 17.4 Å². The van der Waals surface area contributed by atoms with Gasteiger partial charge < -0.3 is 5.11 Å². The predicted octanol–water partition coefficient (Wildman–Crippen LogP) is 5.03. The van der Waals surface area contributed by atoms with Gasteiger partial charge in [0, 0.05) is 19.8 Å². The average Bonchev–Trinajstić information content (AvgIpc) is 2.76. The normalized spacial score (nSPS) is 13.6. The molecule has 0 amide bonds. The molecule has 0 aliphatic rings. The van der Waals surface area contributed by atoms with Crippen LogP contribution >= 0.6 is 27.3 Å². The van der Waals surface area contributed by atoms with Crippen LogP contribution in [0.5, 0.6) is 0 Å². The Morgan fingerprint density at radius 2 is 1.89 bits per heavy atom. The lowest BCUT2D eigenvalue weighted by atomic mass is 9.95. The van der Waals surface area contributed by atoms with E-state index in [-0.39, 0.29) is 11.2 Å². The fourth-order valence-electron chi connectivity index (χ4n) is 1.78. The first-order chi connectivity index (χ1) is 8.79. The highest BCUT2D eigenvalue weighted by Crippen LogP contribution is 2.36. The number of hydrogen-bond donors (Lipinski definition) is 1. The van der Waals surface area contributed by atoms with E-state index in [1.807, 2.05) is 12.1 Å². The second-order valence-corrected chi connectivity index (χ2v) is 7.49. The third kappa shape index (κ3) is 3.25. The third-order valence-corrected chi connectivity index (χ3v) is 5.14. The second kappa shape index (κ2) is 5.35. The maximum absolute atomic E-state index is 13.1. The molecule has 102 valence electrons. The number of benzene rings is 1. The highest BCUT2D eigenvalue weighted by atomic mass is 79.9. The lowest BCUT2D eigenvalue weighted by Crippen LogP contribution is -2.07. The van der Waals surface area contributed by atoms with Crippen molar-refractivity contribution in [1.82, 2.24) is 0 Å². The maximum atomic E-state index is 13.1. The zero-order valence-corrected chi connectivity index (χ0v) is 13.5. The van der Waals surface area contributed by atoms with E-state index in [2.05, 4.69) is 36.7 Å². The van der Waals surface area contributed by atoms with Crippen LogP contribution in [0.4, 0.5) is 4.39 Å². The van der Waals surface area contributed by atoms with Gasteiger partial charge in [-0.1, -0.05) is 42.8 Å². The van der Waals surface area contributed by atoms with Crippen molar-refractivity contribution in [3.05, 3.63) is 55.9 Å². The Bertz CT molecular complexity index is 586. The summed E-state index contributed by atoms with van der Waals surface area (Å²) in [5.41, 5.74) is 0.756. The van der Waals surface area contributed by atoms with Crippen molar-refractivity contribution in [2.75, 3.05) is 0 Å². The van der Waals surface area contributed by atoms with Gasteiger partial charge in [-0.15, -0.1) is 11.3 Å². The highest BCUT2D eigenvalue weighted by Gasteiger charge is 2.20. The van der Waals surface area contributed by atoms with Gasteiger partial charge in [-0.2, -0.15) is 0 Å².